The fraction of sp³-hybridized carbons (Fsp3) is 0.0196. The molecule has 1 spiro atoms. The lowest BCUT2D eigenvalue weighted by Gasteiger charge is -2.39. The molecule has 8 aromatic carbocycles. The topological polar surface area (TPSA) is 25.8 Å². The number of aromatic nitrogens is 2. The van der Waals surface area contributed by atoms with Crippen LogP contribution in [0.25, 0.3) is 66.9 Å². The van der Waals surface area contributed by atoms with Gasteiger partial charge in [0.25, 0.3) is 0 Å². The molecule has 1 aliphatic carbocycles. The molecule has 0 fully saturated rings. The first-order valence-electron chi connectivity index (χ1n) is 18.4. The van der Waals surface area contributed by atoms with Crippen LogP contribution < -0.4 is 0 Å². The van der Waals surface area contributed by atoms with Crippen LogP contribution in [0.4, 0.5) is 0 Å². The molecule has 3 heteroatoms. The lowest BCUT2D eigenvalue weighted by atomic mass is 9.67. The summed E-state index contributed by atoms with van der Waals surface area (Å²) in [6.45, 7) is 0. The van der Waals surface area contributed by atoms with Gasteiger partial charge in [-0.25, -0.2) is 9.97 Å². The van der Waals surface area contributed by atoms with Gasteiger partial charge in [0.05, 0.1) is 16.8 Å². The largest absolute Gasteiger partial charge is 0.228 e. The van der Waals surface area contributed by atoms with E-state index in [1.807, 2.05) is 17.8 Å². The van der Waals surface area contributed by atoms with E-state index in [1.165, 1.54) is 59.5 Å². The Kier molecular flexibility index (Phi) is 7.05. The second-order valence-corrected chi connectivity index (χ2v) is 15.2. The Morgan fingerprint density at radius 2 is 0.907 bits per heavy atom. The number of nitrogens with zero attached hydrogens (tertiary/aromatic N) is 2. The van der Waals surface area contributed by atoms with E-state index in [1.54, 1.807) is 0 Å². The van der Waals surface area contributed by atoms with Gasteiger partial charge in [0, 0.05) is 26.5 Å². The molecule has 0 bridgehead atoms. The quantitative estimate of drug-likeness (QED) is 0.182. The fourth-order valence-electron chi connectivity index (χ4n) is 8.71. The van der Waals surface area contributed by atoms with Gasteiger partial charge in [0.2, 0.25) is 0 Å². The van der Waals surface area contributed by atoms with E-state index in [-0.39, 0.29) is 5.41 Å². The second kappa shape index (κ2) is 12.3. The van der Waals surface area contributed by atoms with Crippen molar-refractivity contribution in [2.75, 3.05) is 0 Å². The number of hydrogen-bond acceptors (Lipinski definition) is 3. The molecular formula is C51H32N2S. The molecule has 2 aliphatic rings. The van der Waals surface area contributed by atoms with Gasteiger partial charge < -0.3 is 0 Å². The molecule has 2 heterocycles. The Labute approximate surface area is 318 Å². The number of benzene rings is 8. The van der Waals surface area contributed by atoms with Gasteiger partial charge >= 0.3 is 0 Å². The van der Waals surface area contributed by atoms with Crippen LogP contribution in [-0.4, -0.2) is 9.97 Å². The number of rotatable bonds is 4. The van der Waals surface area contributed by atoms with Gasteiger partial charge in [-0.1, -0.05) is 176 Å². The van der Waals surface area contributed by atoms with Crippen molar-refractivity contribution in [1.29, 1.82) is 0 Å². The van der Waals surface area contributed by atoms with Crippen LogP contribution in [0.1, 0.15) is 22.3 Å². The minimum atomic E-state index is -0.379. The van der Waals surface area contributed by atoms with Crippen LogP contribution in [0.2, 0.25) is 0 Å². The predicted molar refractivity (Wildman–Crippen MR) is 223 cm³/mol. The highest BCUT2D eigenvalue weighted by Crippen LogP contribution is 2.62. The third kappa shape index (κ3) is 4.75. The normalized spacial score (nSPS) is 13.3. The summed E-state index contributed by atoms with van der Waals surface area (Å²) in [6.07, 6.45) is 0. The number of fused-ring (bicyclic) bond motifs is 10. The molecule has 0 atom stereocenters. The molecule has 54 heavy (non-hydrogen) atoms. The van der Waals surface area contributed by atoms with Gasteiger partial charge in [0.1, 0.15) is 0 Å². The van der Waals surface area contributed by atoms with Gasteiger partial charge in [-0.3, -0.25) is 0 Å². The fourth-order valence-corrected chi connectivity index (χ4v) is 9.94. The summed E-state index contributed by atoms with van der Waals surface area (Å²) in [7, 11) is 0. The van der Waals surface area contributed by atoms with Crippen LogP contribution in [0.15, 0.2) is 204 Å². The minimum Gasteiger partial charge on any atom is -0.228 e. The predicted octanol–water partition coefficient (Wildman–Crippen LogP) is 13.1. The molecular weight excluding hydrogens is 673 g/mol. The van der Waals surface area contributed by atoms with E-state index in [4.69, 9.17) is 9.97 Å². The highest BCUT2D eigenvalue weighted by molar-refractivity contribution is 7.99. The SMILES string of the molecule is c1ccc(-c2cc(-c3ccc4ccccc4c3)nc(-c3cccc(-c4ccc5c(c4)Sc4ccccc4C54c5ccccc5-c5ccccc54)c3)n2)cc1. The van der Waals surface area contributed by atoms with Gasteiger partial charge in [0.15, 0.2) is 5.82 Å². The van der Waals surface area contributed by atoms with Crippen LogP contribution in [-0.2, 0) is 5.41 Å². The second-order valence-electron chi connectivity index (χ2n) is 14.1. The summed E-state index contributed by atoms with van der Waals surface area (Å²) in [5, 5.41) is 2.41. The van der Waals surface area contributed by atoms with Crippen LogP contribution in [0, 0.1) is 0 Å². The smallest absolute Gasteiger partial charge is 0.160 e. The number of hydrogen-bond donors (Lipinski definition) is 0. The molecule has 0 saturated heterocycles. The molecule has 0 saturated carbocycles. The van der Waals surface area contributed by atoms with Crippen molar-refractivity contribution in [2.45, 2.75) is 15.2 Å². The molecule has 11 rings (SSSR count). The van der Waals surface area contributed by atoms with Gasteiger partial charge in [-0.05, 0) is 85.6 Å². The highest BCUT2D eigenvalue weighted by Gasteiger charge is 2.50. The average Bonchev–Trinajstić information content (AvgIpc) is 3.54. The van der Waals surface area contributed by atoms with Crippen LogP contribution in [0.3, 0.4) is 0 Å². The lowest BCUT2D eigenvalue weighted by molar-refractivity contribution is 0.722. The van der Waals surface area contributed by atoms with E-state index < -0.39 is 0 Å². The van der Waals surface area contributed by atoms with E-state index in [0.29, 0.717) is 5.82 Å². The maximum Gasteiger partial charge on any atom is 0.160 e. The Balaban J connectivity index is 1.05. The zero-order chi connectivity index (χ0) is 35.6. The first kappa shape index (κ1) is 31.0. The third-order valence-corrected chi connectivity index (χ3v) is 12.3. The van der Waals surface area contributed by atoms with E-state index in [9.17, 15) is 0 Å². The molecule has 9 aromatic rings. The zero-order valence-electron chi connectivity index (χ0n) is 29.3. The summed E-state index contributed by atoms with van der Waals surface area (Å²) >= 11 is 1.88. The first-order chi connectivity index (χ1) is 26.7. The summed E-state index contributed by atoms with van der Waals surface area (Å²) in [4.78, 5) is 13.0. The van der Waals surface area contributed by atoms with Crippen molar-refractivity contribution in [1.82, 2.24) is 9.97 Å². The first-order valence-corrected chi connectivity index (χ1v) is 19.2. The molecule has 1 aromatic heterocycles. The van der Waals surface area contributed by atoms with Crippen molar-refractivity contribution >= 4 is 22.5 Å². The maximum absolute atomic E-state index is 5.21. The molecule has 0 amide bonds. The van der Waals surface area contributed by atoms with E-state index in [0.717, 1.165) is 33.6 Å². The zero-order valence-corrected chi connectivity index (χ0v) is 30.1. The molecule has 0 radical (unpaired) electrons. The molecule has 0 unspecified atom stereocenters. The van der Waals surface area contributed by atoms with Crippen molar-refractivity contribution in [3.8, 4) is 56.2 Å². The highest BCUT2D eigenvalue weighted by atomic mass is 32.2. The summed E-state index contributed by atoms with van der Waals surface area (Å²) < 4.78 is 0. The Bertz CT molecular complexity index is 2880. The Morgan fingerprint density at radius 3 is 1.70 bits per heavy atom. The summed E-state index contributed by atoms with van der Waals surface area (Å²) in [5.41, 5.74) is 14.9. The van der Waals surface area contributed by atoms with Crippen LogP contribution in [0.5, 0.6) is 0 Å². The van der Waals surface area contributed by atoms with Crippen LogP contribution >= 0.6 is 11.8 Å². The van der Waals surface area contributed by atoms with Crippen molar-refractivity contribution in [2.24, 2.45) is 0 Å². The standard InChI is InChI=1S/C51H32N2S/c1-2-14-34(15-3-1)46-32-47(38-26-25-33-13-4-5-16-35(33)29-38)53-50(52-46)39-18-12-17-36(30-39)37-27-28-45-49(31-37)54-48-24-11-10-23-44(48)51(45)42-21-8-6-19-40(42)41-20-7-9-22-43(41)51/h1-32H. The molecule has 2 nitrogen and oxygen atoms in total. The van der Waals surface area contributed by atoms with Gasteiger partial charge in [-0.15, -0.1) is 0 Å². The molecule has 0 N–H and O–H groups in total. The van der Waals surface area contributed by atoms with Crippen molar-refractivity contribution in [3.63, 3.8) is 0 Å². The monoisotopic (exact) mass is 704 g/mol. The Morgan fingerprint density at radius 1 is 0.333 bits per heavy atom. The lowest BCUT2D eigenvalue weighted by Crippen LogP contribution is -2.31. The third-order valence-electron chi connectivity index (χ3n) is 11.1. The van der Waals surface area contributed by atoms with E-state index in [2.05, 4.69) is 188 Å². The van der Waals surface area contributed by atoms with Crippen molar-refractivity contribution < 1.29 is 0 Å². The Hall–Kier alpha value is -6.55. The summed E-state index contributed by atoms with van der Waals surface area (Å²) in [6, 6.07) is 70.2. The minimum absolute atomic E-state index is 0.379. The van der Waals surface area contributed by atoms with Crippen molar-refractivity contribution in [3.05, 3.63) is 216 Å². The maximum atomic E-state index is 5.21. The summed E-state index contributed by atoms with van der Waals surface area (Å²) in [5.74, 6) is 0.709. The average molecular weight is 705 g/mol. The van der Waals surface area contributed by atoms with E-state index >= 15 is 0 Å². The van der Waals surface area contributed by atoms with Gasteiger partial charge in [-0.2, -0.15) is 0 Å². The molecule has 252 valence electrons. The molecule has 1 aliphatic heterocycles.